The standard InChI is InChI=1S/C14H13NO3S2/c1-7-3-8-4-10(17-2)9(5-11(8)18-7)6-12-13(16)15-14(19)20-12/h4-7H,3H2,1-2H3,(H,15,16,19)/b12-6-/t7-/m1/s1. The number of thioether (sulfide) groups is 1. The van der Waals surface area contributed by atoms with E-state index in [1.807, 2.05) is 19.1 Å². The van der Waals surface area contributed by atoms with Gasteiger partial charge in [-0.3, -0.25) is 4.79 Å². The normalized spacial score (nSPS) is 22.7. The highest BCUT2D eigenvalue weighted by molar-refractivity contribution is 8.26. The number of hydrogen-bond donors (Lipinski definition) is 1. The van der Waals surface area contributed by atoms with Gasteiger partial charge >= 0.3 is 0 Å². The predicted octanol–water partition coefficient (Wildman–Crippen LogP) is 2.51. The number of benzene rings is 1. The molecule has 1 amide bonds. The Bertz CT molecular complexity index is 640. The van der Waals surface area contributed by atoms with Crippen LogP contribution in [0.2, 0.25) is 0 Å². The van der Waals surface area contributed by atoms with Gasteiger partial charge in [0.1, 0.15) is 21.9 Å². The summed E-state index contributed by atoms with van der Waals surface area (Å²) in [6, 6.07) is 3.89. The van der Waals surface area contributed by atoms with E-state index in [4.69, 9.17) is 21.7 Å². The van der Waals surface area contributed by atoms with Gasteiger partial charge in [-0.25, -0.2) is 0 Å². The van der Waals surface area contributed by atoms with Crippen molar-refractivity contribution in [3.05, 3.63) is 28.2 Å². The van der Waals surface area contributed by atoms with Crippen LogP contribution in [-0.2, 0) is 11.2 Å². The molecule has 4 nitrogen and oxygen atoms in total. The molecule has 1 aromatic rings. The largest absolute Gasteiger partial charge is 0.496 e. The van der Waals surface area contributed by atoms with E-state index in [-0.39, 0.29) is 12.0 Å². The number of rotatable bonds is 2. The van der Waals surface area contributed by atoms with E-state index in [0.717, 1.165) is 29.0 Å². The molecule has 1 fully saturated rings. The summed E-state index contributed by atoms with van der Waals surface area (Å²) in [4.78, 5) is 12.3. The monoisotopic (exact) mass is 307 g/mol. The smallest absolute Gasteiger partial charge is 0.263 e. The molecule has 0 spiro atoms. The van der Waals surface area contributed by atoms with Crippen molar-refractivity contribution in [2.75, 3.05) is 7.11 Å². The molecule has 1 aromatic carbocycles. The number of amides is 1. The van der Waals surface area contributed by atoms with Crippen LogP contribution >= 0.6 is 24.0 Å². The number of ether oxygens (including phenoxy) is 2. The Balaban J connectivity index is 2.02. The maximum Gasteiger partial charge on any atom is 0.263 e. The zero-order valence-corrected chi connectivity index (χ0v) is 12.7. The molecule has 2 heterocycles. The van der Waals surface area contributed by atoms with E-state index >= 15 is 0 Å². The lowest BCUT2D eigenvalue weighted by molar-refractivity contribution is -0.115. The molecule has 3 rings (SSSR count). The molecule has 20 heavy (non-hydrogen) atoms. The fourth-order valence-corrected chi connectivity index (χ4v) is 3.34. The van der Waals surface area contributed by atoms with Gasteiger partial charge in [0, 0.05) is 17.5 Å². The Morgan fingerprint density at radius 2 is 2.35 bits per heavy atom. The first kappa shape index (κ1) is 13.5. The fraction of sp³-hybridized carbons (Fsp3) is 0.286. The van der Waals surface area contributed by atoms with Crippen LogP contribution in [0.15, 0.2) is 17.0 Å². The maximum absolute atomic E-state index is 11.7. The van der Waals surface area contributed by atoms with E-state index in [9.17, 15) is 4.79 Å². The van der Waals surface area contributed by atoms with Crippen LogP contribution in [0.25, 0.3) is 6.08 Å². The third kappa shape index (κ3) is 2.41. The van der Waals surface area contributed by atoms with Crippen LogP contribution in [0.5, 0.6) is 11.5 Å². The van der Waals surface area contributed by atoms with Crippen LogP contribution in [0.4, 0.5) is 0 Å². The number of methoxy groups -OCH3 is 1. The number of carbonyl (C=O) groups excluding carboxylic acids is 1. The van der Waals surface area contributed by atoms with Gasteiger partial charge in [-0.2, -0.15) is 0 Å². The Morgan fingerprint density at radius 1 is 1.55 bits per heavy atom. The van der Waals surface area contributed by atoms with Gasteiger partial charge in [0.2, 0.25) is 0 Å². The molecule has 1 N–H and O–H groups in total. The van der Waals surface area contributed by atoms with Crippen molar-refractivity contribution >= 4 is 40.3 Å². The van der Waals surface area contributed by atoms with Crippen molar-refractivity contribution < 1.29 is 14.3 Å². The summed E-state index contributed by atoms with van der Waals surface area (Å²) in [6.45, 7) is 2.03. The maximum atomic E-state index is 11.7. The molecule has 0 unspecified atom stereocenters. The van der Waals surface area contributed by atoms with E-state index in [0.29, 0.717) is 9.23 Å². The van der Waals surface area contributed by atoms with Crippen LogP contribution in [0, 0.1) is 0 Å². The highest BCUT2D eigenvalue weighted by atomic mass is 32.2. The molecule has 1 saturated heterocycles. The van der Waals surface area contributed by atoms with Crippen molar-refractivity contribution in [3.8, 4) is 11.5 Å². The SMILES string of the molecule is COc1cc2c(cc1/C=C1\SC(=S)NC1=O)O[C@H](C)C2. The number of carbonyl (C=O) groups is 1. The zero-order chi connectivity index (χ0) is 14.3. The van der Waals surface area contributed by atoms with Crippen molar-refractivity contribution in [1.29, 1.82) is 0 Å². The summed E-state index contributed by atoms with van der Waals surface area (Å²) >= 11 is 6.24. The van der Waals surface area contributed by atoms with E-state index < -0.39 is 0 Å². The lowest BCUT2D eigenvalue weighted by atomic mass is 10.1. The molecule has 2 aliphatic heterocycles. The molecule has 0 bridgehead atoms. The first-order chi connectivity index (χ1) is 9.56. The van der Waals surface area contributed by atoms with E-state index in [1.165, 1.54) is 11.8 Å². The number of thiocarbonyl (C=S) groups is 1. The average Bonchev–Trinajstić information content (AvgIpc) is 2.90. The average molecular weight is 307 g/mol. The van der Waals surface area contributed by atoms with Gasteiger partial charge in [0.05, 0.1) is 12.0 Å². The second-order valence-electron chi connectivity index (χ2n) is 4.69. The van der Waals surface area contributed by atoms with E-state index in [2.05, 4.69) is 5.32 Å². The van der Waals surface area contributed by atoms with Crippen molar-refractivity contribution in [3.63, 3.8) is 0 Å². The molecule has 1 atom stereocenters. The minimum atomic E-state index is -0.170. The summed E-state index contributed by atoms with van der Waals surface area (Å²) in [5.41, 5.74) is 1.96. The highest BCUT2D eigenvalue weighted by Crippen LogP contribution is 2.37. The van der Waals surface area contributed by atoms with Gasteiger partial charge in [-0.05, 0) is 25.1 Å². The molecule has 0 radical (unpaired) electrons. The fourth-order valence-electron chi connectivity index (χ4n) is 2.31. The van der Waals surface area contributed by atoms with Crippen LogP contribution in [-0.4, -0.2) is 23.4 Å². The van der Waals surface area contributed by atoms with Gasteiger partial charge in [0.25, 0.3) is 5.91 Å². The Kier molecular flexibility index (Phi) is 3.43. The minimum Gasteiger partial charge on any atom is -0.496 e. The van der Waals surface area contributed by atoms with Crippen molar-refractivity contribution in [1.82, 2.24) is 5.32 Å². The van der Waals surface area contributed by atoms with Crippen molar-refractivity contribution in [2.24, 2.45) is 0 Å². The second-order valence-corrected chi connectivity index (χ2v) is 6.41. The molecule has 0 saturated carbocycles. The molecule has 0 aromatic heterocycles. The summed E-state index contributed by atoms with van der Waals surface area (Å²) in [7, 11) is 1.62. The van der Waals surface area contributed by atoms with Gasteiger partial charge in [-0.15, -0.1) is 0 Å². The molecular weight excluding hydrogens is 294 g/mol. The minimum absolute atomic E-state index is 0.170. The molecule has 0 aliphatic carbocycles. The van der Waals surface area contributed by atoms with Crippen LogP contribution < -0.4 is 14.8 Å². The summed E-state index contributed by atoms with van der Waals surface area (Å²) < 4.78 is 11.6. The Labute approximate surface area is 126 Å². The van der Waals surface area contributed by atoms with Crippen LogP contribution in [0.1, 0.15) is 18.1 Å². The number of nitrogens with one attached hydrogen (secondary N) is 1. The number of fused-ring (bicyclic) bond motifs is 1. The first-order valence-corrected chi connectivity index (χ1v) is 7.41. The second kappa shape index (κ2) is 5.10. The predicted molar refractivity (Wildman–Crippen MR) is 83.1 cm³/mol. The third-order valence-corrected chi connectivity index (χ3v) is 4.34. The summed E-state index contributed by atoms with van der Waals surface area (Å²) in [5, 5.41) is 2.60. The molecule has 104 valence electrons. The molecule has 6 heteroatoms. The summed E-state index contributed by atoms with van der Waals surface area (Å²) in [5.74, 6) is 1.42. The highest BCUT2D eigenvalue weighted by Gasteiger charge is 2.25. The van der Waals surface area contributed by atoms with Gasteiger partial charge in [0.15, 0.2) is 0 Å². The Morgan fingerprint density at radius 3 is 3.00 bits per heavy atom. The van der Waals surface area contributed by atoms with E-state index in [1.54, 1.807) is 13.2 Å². The lowest BCUT2D eigenvalue weighted by Crippen LogP contribution is -2.17. The first-order valence-electron chi connectivity index (χ1n) is 6.19. The summed E-state index contributed by atoms with van der Waals surface area (Å²) in [6.07, 6.45) is 2.83. The van der Waals surface area contributed by atoms with Crippen LogP contribution in [0.3, 0.4) is 0 Å². The third-order valence-electron chi connectivity index (χ3n) is 3.18. The van der Waals surface area contributed by atoms with Crippen molar-refractivity contribution in [2.45, 2.75) is 19.4 Å². The quantitative estimate of drug-likeness (QED) is 0.672. The lowest BCUT2D eigenvalue weighted by Gasteiger charge is -2.08. The zero-order valence-electron chi connectivity index (χ0n) is 11.1. The Hall–Kier alpha value is -1.53. The molecule has 2 aliphatic rings. The van der Waals surface area contributed by atoms with Gasteiger partial charge in [-0.1, -0.05) is 24.0 Å². The number of hydrogen-bond acceptors (Lipinski definition) is 5. The van der Waals surface area contributed by atoms with Gasteiger partial charge < -0.3 is 14.8 Å². The topological polar surface area (TPSA) is 47.6 Å². The molecular formula is C14H13NO3S2.